The van der Waals surface area contributed by atoms with Crippen LogP contribution in [0.15, 0.2) is 59.1 Å². The zero-order valence-electron chi connectivity index (χ0n) is 13.7. The fourth-order valence-corrected chi connectivity index (χ4v) is 3.51. The van der Waals surface area contributed by atoms with Crippen LogP contribution in [0.5, 0.6) is 0 Å². The Bertz CT molecular complexity index is 657. The van der Waals surface area contributed by atoms with Gasteiger partial charge in [0, 0.05) is 29.7 Å². The molecule has 1 heterocycles. The molecule has 1 unspecified atom stereocenters. The Morgan fingerprint density at radius 1 is 1.12 bits per heavy atom. The maximum atomic E-state index is 12.2. The highest BCUT2D eigenvalue weighted by Gasteiger charge is 2.20. The molecule has 1 fully saturated rings. The monoisotopic (exact) mass is 386 g/mol. The van der Waals surface area contributed by atoms with Gasteiger partial charge >= 0.3 is 0 Å². The van der Waals surface area contributed by atoms with E-state index in [4.69, 9.17) is 0 Å². The van der Waals surface area contributed by atoms with Gasteiger partial charge in [-0.25, -0.2) is 0 Å². The number of likely N-dealkylation sites (tertiary alicyclic amines) is 1. The number of benzene rings is 2. The van der Waals surface area contributed by atoms with Crippen LogP contribution in [0, 0.1) is 5.92 Å². The number of nitrogens with zero attached hydrogens (tertiary/aromatic N) is 1. The molecular weight excluding hydrogens is 364 g/mol. The van der Waals surface area contributed by atoms with Crippen LogP contribution in [-0.2, 0) is 6.54 Å². The third-order valence-corrected chi connectivity index (χ3v) is 5.04. The Morgan fingerprint density at radius 3 is 2.62 bits per heavy atom. The summed E-state index contributed by atoms with van der Waals surface area (Å²) in [7, 11) is 0. The van der Waals surface area contributed by atoms with Crippen molar-refractivity contribution in [1.29, 1.82) is 0 Å². The number of nitrogens with one attached hydrogen (secondary N) is 1. The number of carbonyl (C=O) groups is 1. The van der Waals surface area contributed by atoms with Gasteiger partial charge in [-0.1, -0.05) is 46.3 Å². The minimum atomic E-state index is 0.0164. The highest BCUT2D eigenvalue weighted by molar-refractivity contribution is 9.10. The number of halogens is 1. The summed E-state index contributed by atoms with van der Waals surface area (Å²) in [6.45, 7) is 3.94. The first-order valence-electron chi connectivity index (χ1n) is 8.51. The predicted molar refractivity (Wildman–Crippen MR) is 101 cm³/mol. The van der Waals surface area contributed by atoms with Crippen molar-refractivity contribution in [3.63, 3.8) is 0 Å². The van der Waals surface area contributed by atoms with E-state index < -0.39 is 0 Å². The van der Waals surface area contributed by atoms with Crippen LogP contribution in [0.2, 0.25) is 0 Å². The lowest BCUT2D eigenvalue weighted by Gasteiger charge is -2.32. The largest absolute Gasteiger partial charge is 0.352 e. The second kappa shape index (κ2) is 8.45. The average molecular weight is 387 g/mol. The molecule has 126 valence electrons. The lowest BCUT2D eigenvalue weighted by Crippen LogP contribution is -2.40. The Hall–Kier alpha value is -1.65. The van der Waals surface area contributed by atoms with E-state index in [1.807, 2.05) is 24.3 Å². The molecule has 24 heavy (non-hydrogen) atoms. The van der Waals surface area contributed by atoms with E-state index in [0.717, 1.165) is 36.2 Å². The molecule has 1 aliphatic rings. The number of piperidine rings is 1. The maximum Gasteiger partial charge on any atom is 0.251 e. The van der Waals surface area contributed by atoms with Crippen LogP contribution in [0.25, 0.3) is 0 Å². The highest BCUT2D eigenvalue weighted by Crippen LogP contribution is 2.18. The molecule has 0 radical (unpaired) electrons. The first-order valence-corrected chi connectivity index (χ1v) is 9.30. The molecule has 0 saturated carbocycles. The standard InChI is InChI=1S/C20H23BrN2O/c21-19-10-8-18(9-11-19)20(24)22-13-17-7-4-12-23(15-17)14-16-5-2-1-3-6-16/h1-3,5-6,8-11,17H,4,7,12-15H2,(H,22,24). The fourth-order valence-electron chi connectivity index (χ4n) is 3.24. The summed E-state index contributed by atoms with van der Waals surface area (Å²) in [5, 5.41) is 3.09. The maximum absolute atomic E-state index is 12.2. The van der Waals surface area contributed by atoms with E-state index >= 15 is 0 Å². The van der Waals surface area contributed by atoms with E-state index in [1.165, 1.54) is 18.4 Å². The van der Waals surface area contributed by atoms with Gasteiger partial charge in [0.1, 0.15) is 0 Å². The number of amides is 1. The minimum Gasteiger partial charge on any atom is -0.352 e. The molecule has 0 bridgehead atoms. The summed E-state index contributed by atoms with van der Waals surface area (Å²) in [5.74, 6) is 0.546. The number of rotatable bonds is 5. The van der Waals surface area contributed by atoms with Crippen molar-refractivity contribution >= 4 is 21.8 Å². The summed E-state index contributed by atoms with van der Waals surface area (Å²) in [5.41, 5.74) is 2.08. The van der Waals surface area contributed by atoms with Gasteiger partial charge in [-0.15, -0.1) is 0 Å². The van der Waals surface area contributed by atoms with E-state index in [9.17, 15) is 4.79 Å². The van der Waals surface area contributed by atoms with Crippen molar-refractivity contribution in [2.45, 2.75) is 19.4 Å². The van der Waals surface area contributed by atoms with Gasteiger partial charge in [-0.05, 0) is 55.1 Å². The lowest BCUT2D eigenvalue weighted by molar-refractivity contribution is 0.0930. The molecule has 1 N–H and O–H groups in total. The second-order valence-electron chi connectivity index (χ2n) is 6.45. The fraction of sp³-hybridized carbons (Fsp3) is 0.350. The summed E-state index contributed by atoms with van der Waals surface area (Å²) in [4.78, 5) is 14.7. The molecule has 3 rings (SSSR count). The third-order valence-electron chi connectivity index (χ3n) is 4.51. The zero-order chi connectivity index (χ0) is 16.8. The van der Waals surface area contributed by atoms with E-state index in [2.05, 4.69) is 56.5 Å². The normalized spacial score (nSPS) is 18.3. The van der Waals surface area contributed by atoms with Gasteiger partial charge in [-0.2, -0.15) is 0 Å². The van der Waals surface area contributed by atoms with Crippen LogP contribution in [0.1, 0.15) is 28.8 Å². The number of carbonyl (C=O) groups excluding carboxylic acids is 1. The van der Waals surface area contributed by atoms with Crippen LogP contribution in [0.3, 0.4) is 0 Å². The minimum absolute atomic E-state index is 0.0164. The molecule has 3 nitrogen and oxygen atoms in total. The Labute approximate surface area is 152 Å². The van der Waals surface area contributed by atoms with Crippen molar-refractivity contribution in [2.24, 2.45) is 5.92 Å². The zero-order valence-corrected chi connectivity index (χ0v) is 15.3. The molecule has 0 aromatic heterocycles. The molecule has 0 spiro atoms. The van der Waals surface area contributed by atoms with Gasteiger partial charge in [-0.3, -0.25) is 9.69 Å². The Morgan fingerprint density at radius 2 is 1.88 bits per heavy atom. The van der Waals surface area contributed by atoms with Gasteiger partial charge in [0.15, 0.2) is 0 Å². The molecule has 1 amide bonds. The molecule has 0 aliphatic carbocycles. The summed E-state index contributed by atoms with van der Waals surface area (Å²) >= 11 is 3.39. The Kier molecular flexibility index (Phi) is 6.05. The van der Waals surface area contributed by atoms with E-state index in [-0.39, 0.29) is 5.91 Å². The van der Waals surface area contributed by atoms with Crippen molar-refractivity contribution < 1.29 is 4.79 Å². The first kappa shape index (κ1) is 17.2. The topological polar surface area (TPSA) is 32.3 Å². The van der Waals surface area contributed by atoms with Crippen molar-refractivity contribution in [3.8, 4) is 0 Å². The SMILES string of the molecule is O=C(NCC1CCCN(Cc2ccccc2)C1)c1ccc(Br)cc1. The van der Waals surface area contributed by atoms with E-state index in [1.54, 1.807) is 0 Å². The lowest BCUT2D eigenvalue weighted by atomic mass is 9.97. The van der Waals surface area contributed by atoms with Crippen LogP contribution < -0.4 is 5.32 Å². The predicted octanol–water partition coefficient (Wildman–Crippen LogP) is 4.09. The smallest absolute Gasteiger partial charge is 0.251 e. The van der Waals surface area contributed by atoms with Crippen molar-refractivity contribution in [1.82, 2.24) is 10.2 Å². The van der Waals surface area contributed by atoms with Crippen molar-refractivity contribution in [2.75, 3.05) is 19.6 Å². The van der Waals surface area contributed by atoms with Gasteiger partial charge in [0.2, 0.25) is 0 Å². The molecular formula is C20H23BrN2O. The summed E-state index contributed by atoms with van der Waals surface area (Å²) in [6, 6.07) is 18.1. The molecule has 1 atom stereocenters. The summed E-state index contributed by atoms with van der Waals surface area (Å²) in [6.07, 6.45) is 2.39. The first-order chi connectivity index (χ1) is 11.7. The van der Waals surface area contributed by atoms with Gasteiger partial charge < -0.3 is 5.32 Å². The van der Waals surface area contributed by atoms with E-state index in [0.29, 0.717) is 5.92 Å². The molecule has 2 aromatic carbocycles. The van der Waals surface area contributed by atoms with Gasteiger partial charge in [0.05, 0.1) is 0 Å². The Balaban J connectivity index is 1.48. The van der Waals surface area contributed by atoms with Gasteiger partial charge in [0.25, 0.3) is 5.91 Å². The highest BCUT2D eigenvalue weighted by atomic mass is 79.9. The molecule has 2 aromatic rings. The van der Waals surface area contributed by atoms with Crippen LogP contribution >= 0.6 is 15.9 Å². The molecule has 1 saturated heterocycles. The number of hydrogen-bond acceptors (Lipinski definition) is 2. The summed E-state index contributed by atoms with van der Waals surface area (Å²) < 4.78 is 0.989. The molecule has 4 heteroatoms. The molecule has 1 aliphatic heterocycles. The third kappa shape index (κ3) is 4.92. The van der Waals surface area contributed by atoms with Crippen LogP contribution in [0.4, 0.5) is 0 Å². The van der Waals surface area contributed by atoms with Crippen LogP contribution in [-0.4, -0.2) is 30.4 Å². The quantitative estimate of drug-likeness (QED) is 0.838. The number of hydrogen-bond donors (Lipinski definition) is 1. The second-order valence-corrected chi connectivity index (χ2v) is 7.36. The van der Waals surface area contributed by atoms with Crippen molar-refractivity contribution in [3.05, 3.63) is 70.2 Å². The average Bonchev–Trinajstić information content (AvgIpc) is 2.61.